The van der Waals surface area contributed by atoms with E-state index in [2.05, 4.69) is 109 Å². The third kappa shape index (κ3) is 3.18. The first-order valence-corrected chi connectivity index (χ1v) is 9.92. The molecule has 5 aromatic rings. The summed E-state index contributed by atoms with van der Waals surface area (Å²) < 4.78 is 0. The standard InChI is InChI=1S/C28H22/c1-3-12-26-22(7-1)9-5-10-24(26)18-15-21-16-19-25(20-17-21)28-14-6-11-23-8-2-4-13-27(23)28/h1-14,16-17,19-20H,15,18H2. The van der Waals surface area contributed by atoms with Crippen LogP contribution >= 0.6 is 0 Å². The summed E-state index contributed by atoms with van der Waals surface area (Å²) in [6, 6.07) is 39.5. The van der Waals surface area contributed by atoms with Crippen molar-refractivity contribution in [2.45, 2.75) is 12.8 Å². The number of hydrogen-bond acceptors (Lipinski definition) is 0. The van der Waals surface area contributed by atoms with E-state index in [-0.39, 0.29) is 0 Å². The molecule has 0 heterocycles. The van der Waals surface area contributed by atoms with Gasteiger partial charge in [0.1, 0.15) is 0 Å². The van der Waals surface area contributed by atoms with Crippen LogP contribution in [0.25, 0.3) is 32.7 Å². The molecular formula is C28H22. The number of hydrogen-bond donors (Lipinski definition) is 0. The highest BCUT2D eigenvalue weighted by Gasteiger charge is 2.05. The lowest BCUT2D eigenvalue weighted by molar-refractivity contribution is 0.969. The van der Waals surface area contributed by atoms with Gasteiger partial charge in [-0.2, -0.15) is 0 Å². The Morgan fingerprint density at radius 3 is 1.82 bits per heavy atom. The van der Waals surface area contributed by atoms with Gasteiger partial charge in [-0.3, -0.25) is 0 Å². The van der Waals surface area contributed by atoms with E-state index in [9.17, 15) is 0 Å². The first-order valence-electron chi connectivity index (χ1n) is 9.92. The second-order valence-electron chi connectivity index (χ2n) is 7.36. The van der Waals surface area contributed by atoms with Crippen LogP contribution in [0.15, 0.2) is 109 Å². The van der Waals surface area contributed by atoms with Gasteiger partial charge in [-0.05, 0) is 56.6 Å². The fourth-order valence-corrected chi connectivity index (χ4v) is 4.12. The minimum Gasteiger partial charge on any atom is -0.0616 e. The zero-order valence-electron chi connectivity index (χ0n) is 15.8. The summed E-state index contributed by atoms with van der Waals surface area (Å²) in [6.45, 7) is 0. The van der Waals surface area contributed by atoms with Gasteiger partial charge in [0.25, 0.3) is 0 Å². The van der Waals surface area contributed by atoms with Crippen molar-refractivity contribution in [2.24, 2.45) is 0 Å². The summed E-state index contributed by atoms with van der Waals surface area (Å²) in [5.74, 6) is 0. The average molecular weight is 358 g/mol. The molecular weight excluding hydrogens is 336 g/mol. The first kappa shape index (κ1) is 16.8. The molecule has 0 aromatic heterocycles. The fourth-order valence-electron chi connectivity index (χ4n) is 4.12. The molecule has 0 saturated carbocycles. The molecule has 0 aliphatic rings. The van der Waals surface area contributed by atoms with Gasteiger partial charge in [0, 0.05) is 0 Å². The van der Waals surface area contributed by atoms with Crippen molar-refractivity contribution in [3.05, 3.63) is 120 Å². The third-order valence-corrected chi connectivity index (χ3v) is 5.62. The van der Waals surface area contributed by atoms with E-state index in [1.165, 1.54) is 43.8 Å². The smallest absolute Gasteiger partial charge is 0.0105 e. The fraction of sp³-hybridized carbons (Fsp3) is 0.0714. The molecule has 0 radical (unpaired) electrons. The van der Waals surface area contributed by atoms with Crippen LogP contribution in [-0.2, 0) is 12.8 Å². The Balaban J connectivity index is 1.39. The van der Waals surface area contributed by atoms with Crippen LogP contribution in [0, 0.1) is 0 Å². The van der Waals surface area contributed by atoms with E-state index in [1.807, 2.05) is 0 Å². The molecule has 0 nitrogen and oxygen atoms in total. The summed E-state index contributed by atoms with van der Waals surface area (Å²) in [5, 5.41) is 5.30. The maximum absolute atomic E-state index is 2.28. The molecule has 0 amide bonds. The molecule has 28 heavy (non-hydrogen) atoms. The number of aryl methyl sites for hydroxylation is 2. The first-order chi connectivity index (χ1) is 13.9. The van der Waals surface area contributed by atoms with Gasteiger partial charge in [-0.25, -0.2) is 0 Å². The molecule has 0 atom stereocenters. The summed E-state index contributed by atoms with van der Waals surface area (Å²) in [6.07, 6.45) is 2.12. The van der Waals surface area contributed by atoms with Crippen molar-refractivity contribution in [3.8, 4) is 11.1 Å². The topological polar surface area (TPSA) is 0 Å². The molecule has 0 heteroatoms. The van der Waals surface area contributed by atoms with Gasteiger partial charge in [0.15, 0.2) is 0 Å². The van der Waals surface area contributed by atoms with Crippen molar-refractivity contribution in [1.29, 1.82) is 0 Å². The van der Waals surface area contributed by atoms with Crippen molar-refractivity contribution in [1.82, 2.24) is 0 Å². The Morgan fingerprint density at radius 1 is 0.429 bits per heavy atom. The van der Waals surface area contributed by atoms with Gasteiger partial charge < -0.3 is 0 Å². The highest BCUT2D eigenvalue weighted by molar-refractivity contribution is 5.96. The molecule has 0 spiro atoms. The molecule has 0 aliphatic carbocycles. The highest BCUT2D eigenvalue weighted by Crippen LogP contribution is 2.29. The van der Waals surface area contributed by atoms with Crippen molar-refractivity contribution >= 4 is 21.5 Å². The summed E-state index contributed by atoms with van der Waals surface area (Å²) in [5.41, 5.74) is 5.40. The van der Waals surface area contributed by atoms with Crippen LogP contribution in [0.1, 0.15) is 11.1 Å². The largest absolute Gasteiger partial charge is 0.0616 e. The molecule has 5 rings (SSSR count). The Bertz CT molecular complexity index is 1240. The minimum absolute atomic E-state index is 1.06. The number of rotatable bonds is 4. The maximum Gasteiger partial charge on any atom is -0.0105 e. The predicted molar refractivity (Wildman–Crippen MR) is 121 cm³/mol. The lowest BCUT2D eigenvalue weighted by atomic mass is 9.95. The lowest BCUT2D eigenvalue weighted by Crippen LogP contribution is -1.93. The second-order valence-corrected chi connectivity index (χ2v) is 7.36. The normalized spacial score (nSPS) is 11.1. The van der Waals surface area contributed by atoms with Crippen LogP contribution < -0.4 is 0 Å². The molecule has 0 N–H and O–H groups in total. The van der Waals surface area contributed by atoms with Crippen molar-refractivity contribution < 1.29 is 0 Å². The Labute approximate surface area is 166 Å². The van der Waals surface area contributed by atoms with Crippen LogP contribution in [-0.4, -0.2) is 0 Å². The molecule has 0 saturated heterocycles. The average Bonchev–Trinajstić information content (AvgIpc) is 2.78. The summed E-state index contributed by atoms with van der Waals surface area (Å²) in [4.78, 5) is 0. The monoisotopic (exact) mass is 358 g/mol. The van der Waals surface area contributed by atoms with E-state index >= 15 is 0 Å². The second kappa shape index (κ2) is 7.32. The van der Waals surface area contributed by atoms with E-state index in [0.29, 0.717) is 0 Å². The summed E-state index contributed by atoms with van der Waals surface area (Å²) in [7, 11) is 0. The molecule has 134 valence electrons. The molecule has 0 fully saturated rings. The molecule has 0 aliphatic heterocycles. The van der Waals surface area contributed by atoms with Gasteiger partial charge in [-0.15, -0.1) is 0 Å². The van der Waals surface area contributed by atoms with Crippen molar-refractivity contribution in [3.63, 3.8) is 0 Å². The van der Waals surface area contributed by atoms with Crippen LogP contribution in [0.2, 0.25) is 0 Å². The number of fused-ring (bicyclic) bond motifs is 2. The number of benzene rings is 5. The van der Waals surface area contributed by atoms with Crippen LogP contribution in [0.5, 0.6) is 0 Å². The predicted octanol–water partition coefficient (Wildman–Crippen LogP) is 7.45. The quantitative estimate of drug-likeness (QED) is 0.313. The molecule has 5 aromatic carbocycles. The Hall–Kier alpha value is -3.38. The van der Waals surface area contributed by atoms with Gasteiger partial charge in [0.2, 0.25) is 0 Å². The highest BCUT2D eigenvalue weighted by atomic mass is 14.1. The van der Waals surface area contributed by atoms with Crippen LogP contribution in [0.3, 0.4) is 0 Å². The SMILES string of the molecule is c1ccc2c(CCc3ccc(-c4cccc5ccccc45)cc3)cccc2c1. The lowest BCUT2D eigenvalue weighted by Gasteiger charge is -2.09. The van der Waals surface area contributed by atoms with Gasteiger partial charge in [0.05, 0.1) is 0 Å². The van der Waals surface area contributed by atoms with E-state index < -0.39 is 0 Å². The Kier molecular flexibility index (Phi) is 4.39. The molecule has 0 unspecified atom stereocenters. The summed E-state index contributed by atoms with van der Waals surface area (Å²) >= 11 is 0. The van der Waals surface area contributed by atoms with E-state index in [1.54, 1.807) is 0 Å². The van der Waals surface area contributed by atoms with Crippen LogP contribution in [0.4, 0.5) is 0 Å². The van der Waals surface area contributed by atoms with E-state index in [0.717, 1.165) is 12.8 Å². The molecule has 0 bridgehead atoms. The van der Waals surface area contributed by atoms with Gasteiger partial charge in [-0.1, -0.05) is 109 Å². The van der Waals surface area contributed by atoms with Crippen molar-refractivity contribution in [2.75, 3.05) is 0 Å². The Morgan fingerprint density at radius 2 is 1.04 bits per heavy atom. The van der Waals surface area contributed by atoms with E-state index in [4.69, 9.17) is 0 Å². The minimum atomic E-state index is 1.06. The third-order valence-electron chi connectivity index (χ3n) is 5.62. The maximum atomic E-state index is 2.28. The zero-order chi connectivity index (χ0) is 18.8. The zero-order valence-corrected chi connectivity index (χ0v) is 15.8. The van der Waals surface area contributed by atoms with Gasteiger partial charge >= 0.3 is 0 Å².